The van der Waals surface area contributed by atoms with Crippen molar-refractivity contribution in [2.24, 2.45) is 0 Å². The molecule has 6 heteroatoms. The van der Waals surface area contributed by atoms with Crippen LogP contribution in [0.4, 0.5) is 4.79 Å². The van der Waals surface area contributed by atoms with Crippen LogP contribution in [0.15, 0.2) is 30.3 Å². The van der Waals surface area contributed by atoms with Crippen LogP contribution < -0.4 is 16.0 Å². The molecule has 1 unspecified atom stereocenters. The van der Waals surface area contributed by atoms with E-state index in [0.717, 1.165) is 24.8 Å². The summed E-state index contributed by atoms with van der Waals surface area (Å²) in [7, 11) is 0. The van der Waals surface area contributed by atoms with Crippen LogP contribution in [0.3, 0.4) is 0 Å². The van der Waals surface area contributed by atoms with Crippen LogP contribution in [0.25, 0.3) is 0 Å². The topological polar surface area (TPSA) is 79.5 Å². The second kappa shape index (κ2) is 9.27. The molecule has 1 atom stereocenters. The Hall–Kier alpha value is -2.08. The van der Waals surface area contributed by atoms with Crippen LogP contribution in [0, 0.1) is 0 Å². The molecule has 0 saturated heterocycles. The Morgan fingerprint density at radius 2 is 1.92 bits per heavy atom. The number of amides is 2. The van der Waals surface area contributed by atoms with Gasteiger partial charge in [-0.3, -0.25) is 4.79 Å². The van der Waals surface area contributed by atoms with E-state index in [1.165, 1.54) is 0 Å². The first-order valence-corrected chi connectivity index (χ1v) is 8.59. The molecule has 132 valence electrons. The molecule has 0 bridgehead atoms. The average molecular weight is 333 g/mol. The Balaban J connectivity index is 1.59. The molecule has 1 fully saturated rings. The summed E-state index contributed by atoms with van der Waals surface area (Å²) < 4.78 is 5.20. The summed E-state index contributed by atoms with van der Waals surface area (Å²) in [5.74, 6) is 0.0236. The van der Waals surface area contributed by atoms with Crippen molar-refractivity contribution in [3.05, 3.63) is 35.9 Å². The fourth-order valence-electron chi connectivity index (χ4n) is 2.63. The lowest BCUT2D eigenvalue weighted by atomic mass is 9.86. The average Bonchev–Trinajstić information content (AvgIpc) is 2.56. The number of hydrogen-bond acceptors (Lipinski definition) is 4. The maximum Gasteiger partial charge on any atom is 0.407 e. The molecule has 1 saturated carbocycles. The van der Waals surface area contributed by atoms with Gasteiger partial charge in [0.25, 0.3) is 0 Å². The fraction of sp³-hybridized carbons (Fsp3) is 0.556. The third kappa shape index (κ3) is 5.85. The molecule has 2 rings (SSSR count). The zero-order valence-electron chi connectivity index (χ0n) is 14.4. The minimum atomic E-state index is -0.393. The van der Waals surface area contributed by atoms with Crippen molar-refractivity contribution >= 4 is 12.0 Å². The summed E-state index contributed by atoms with van der Waals surface area (Å²) in [4.78, 5) is 23.6. The van der Waals surface area contributed by atoms with Crippen molar-refractivity contribution in [1.82, 2.24) is 16.0 Å². The molecule has 1 aliphatic rings. The van der Waals surface area contributed by atoms with E-state index < -0.39 is 6.09 Å². The Morgan fingerprint density at radius 1 is 1.21 bits per heavy atom. The summed E-state index contributed by atoms with van der Waals surface area (Å²) in [6.45, 7) is 4.86. The highest BCUT2D eigenvalue weighted by molar-refractivity contribution is 5.81. The zero-order chi connectivity index (χ0) is 17.4. The minimum absolute atomic E-state index is 0.0236. The quantitative estimate of drug-likeness (QED) is 0.679. The zero-order valence-corrected chi connectivity index (χ0v) is 14.4. The summed E-state index contributed by atoms with van der Waals surface area (Å²) in [6, 6.07) is 9.74. The predicted molar refractivity (Wildman–Crippen MR) is 92.5 cm³/mol. The number of benzene rings is 1. The van der Waals surface area contributed by atoms with E-state index in [9.17, 15) is 9.59 Å². The van der Waals surface area contributed by atoms with Gasteiger partial charge in [-0.25, -0.2) is 4.79 Å². The highest BCUT2D eigenvalue weighted by Gasteiger charge is 2.32. The van der Waals surface area contributed by atoms with E-state index in [1.54, 1.807) is 0 Å². The summed E-state index contributed by atoms with van der Waals surface area (Å²) in [5.41, 5.74) is 0.965. The van der Waals surface area contributed by atoms with Gasteiger partial charge < -0.3 is 20.7 Å². The van der Waals surface area contributed by atoms with E-state index in [-0.39, 0.29) is 30.6 Å². The summed E-state index contributed by atoms with van der Waals surface area (Å²) in [5, 5.41) is 9.00. The van der Waals surface area contributed by atoms with E-state index in [0.29, 0.717) is 6.54 Å². The first kappa shape index (κ1) is 18.3. The van der Waals surface area contributed by atoms with Gasteiger partial charge in [0.1, 0.15) is 6.61 Å². The molecule has 2 amide bonds. The summed E-state index contributed by atoms with van der Waals surface area (Å²) >= 11 is 0. The molecular formula is C18H27N3O3. The molecular weight excluding hydrogens is 306 g/mol. The monoisotopic (exact) mass is 333 g/mol. The normalized spacial score (nSPS) is 20.6. The van der Waals surface area contributed by atoms with Crippen LogP contribution in [0.2, 0.25) is 0 Å². The maximum atomic E-state index is 11.8. The summed E-state index contributed by atoms with van der Waals surface area (Å²) in [6.07, 6.45) is 2.16. The highest BCUT2D eigenvalue weighted by Crippen LogP contribution is 2.20. The molecule has 24 heavy (non-hydrogen) atoms. The smallest absolute Gasteiger partial charge is 0.407 e. The molecule has 0 heterocycles. The fourth-order valence-corrected chi connectivity index (χ4v) is 2.63. The maximum absolute atomic E-state index is 11.8. The highest BCUT2D eigenvalue weighted by atomic mass is 16.5. The van der Waals surface area contributed by atoms with E-state index in [2.05, 4.69) is 16.0 Å². The largest absolute Gasteiger partial charge is 0.445 e. The van der Waals surface area contributed by atoms with Crippen molar-refractivity contribution in [3.8, 4) is 0 Å². The van der Waals surface area contributed by atoms with Crippen molar-refractivity contribution in [2.75, 3.05) is 6.54 Å². The van der Waals surface area contributed by atoms with Crippen molar-refractivity contribution in [1.29, 1.82) is 0 Å². The van der Waals surface area contributed by atoms with Crippen LogP contribution >= 0.6 is 0 Å². The van der Waals surface area contributed by atoms with Gasteiger partial charge in [0.05, 0.1) is 6.04 Å². The van der Waals surface area contributed by atoms with Crippen LogP contribution in [-0.4, -0.2) is 36.7 Å². The molecule has 1 aromatic carbocycles. The molecule has 0 aromatic heterocycles. The lowest BCUT2D eigenvalue weighted by Crippen LogP contribution is -2.56. The Bertz CT molecular complexity index is 530. The number of rotatable bonds is 8. The second-order valence-electron chi connectivity index (χ2n) is 6.25. The lowest BCUT2D eigenvalue weighted by molar-refractivity contribution is -0.123. The number of ether oxygens (including phenoxy) is 1. The van der Waals surface area contributed by atoms with E-state index in [1.807, 2.05) is 44.2 Å². The second-order valence-corrected chi connectivity index (χ2v) is 6.25. The van der Waals surface area contributed by atoms with Crippen LogP contribution in [0.1, 0.15) is 38.7 Å². The number of hydrogen-bond donors (Lipinski definition) is 3. The molecule has 6 nitrogen and oxygen atoms in total. The standard InChI is InChI=1S/C18H27N3O3/c1-3-9-19-17(22)13(2)20-15-10-16(11-15)21-18(23)24-12-14-7-5-4-6-8-14/h4-8,13,15-16,20H,3,9-12H2,1-2H3,(H,19,22)(H,21,23). The van der Waals surface area contributed by atoms with Gasteiger partial charge in [0, 0.05) is 18.6 Å². The first-order chi connectivity index (χ1) is 11.6. The van der Waals surface area contributed by atoms with Crippen molar-refractivity contribution in [3.63, 3.8) is 0 Å². The lowest BCUT2D eigenvalue weighted by Gasteiger charge is -2.37. The molecule has 0 spiro atoms. The molecule has 1 aliphatic carbocycles. The number of nitrogens with one attached hydrogen (secondary N) is 3. The number of carbonyl (C=O) groups is 2. The van der Waals surface area contributed by atoms with Gasteiger partial charge in [0.15, 0.2) is 0 Å². The Kier molecular flexibility index (Phi) is 7.06. The van der Waals surface area contributed by atoms with E-state index in [4.69, 9.17) is 4.74 Å². The van der Waals surface area contributed by atoms with Crippen LogP contribution in [-0.2, 0) is 16.1 Å². The van der Waals surface area contributed by atoms with Gasteiger partial charge in [-0.05, 0) is 31.7 Å². The minimum Gasteiger partial charge on any atom is -0.445 e. The van der Waals surface area contributed by atoms with E-state index >= 15 is 0 Å². The van der Waals surface area contributed by atoms with Gasteiger partial charge in [-0.1, -0.05) is 37.3 Å². The van der Waals surface area contributed by atoms with Crippen LogP contribution in [0.5, 0.6) is 0 Å². The third-order valence-corrected chi connectivity index (χ3v) is 4.10. The number of alkyl carbamates (subject to hydrolysis) is 1. The number of carbonyl (C=O) groups excluding carboxylic acids is 2. The predicted octanol–water partition coefficient (Wildman–Crippen LogP) is 1.95. The first-order valence-electron chi connectivity index (χ1n) is 8.59. The Labute approximate surface area is 143 Å². The third-order valence-electron chi connectivity index (χ3n) is 4.10. The molecule has 0 radical (unpaired) electrons. The van der Waals surface area contributed by atoms with Crippen molar-refractivity contribution in [2.45, 2.75) is 57.8 Å². The van der Waals surface area contributed by atoms with Gasteiger partial charge >= 0.3 is 6.09 Å². The molecule has 1 aromatic rings. The van der Waals surface area contributed by atoms with Gasteiger partial charge in [-0.2, -0.15) is 0 Å². The molecule has 3 N–H and O–H groups in total. The van der Waals surface area contributed by atoms with Gasteiger partial charge in [-0.15, -0.1) is 0 Å². The SMILES string of the molecule is CCCNC(=O)C(C)NC1CC(NC(=O)OCc2ccccc2)C1. The van der Waals surface area contributed by atoms with Crippen molar-refractivity contribution < 1.29 is 14.3 Å². The Morgan fingerprint density at radius 3 is 2.58 bits per heavy atom. The molecule has 0 aliphatic heterocycles. The van der Waals surface area contributed by atoms with Gasteiger partial charge in [0.2, 0.25) is 5.91 Å².